The van der Waals surface area contributed by atoms with E-state index in [1.54, 1.807) is 24.3 Å². The average Bonchev–Trinajstić information content (AvgIpc) is 3.56. The Hall–Kier alpha value is -3.81. The molecule has 7 heteroatoms. The number of phenolic OH excluding ortho intramolecular Hbond substituents is 2. The molecule has 1 aliphatic rings. The number of nitrogens with zero attached hydrogens (tertiary/aromatic N) is 3. The third-order valence-corrected chi connectivity index (χ3v) is 7.65. The van der Waals surface area contributed by atoms with E-state index < -0.39 is 0 Å². The maximum atomic E-state index is 14.1. The quantitative estimate of drug-likeness (QED) is 0.281. The Bertz CT molecular complexity index is 1360. The number of likely N-dealkylation sites (N-methyl/N-ethyl adjacent to an activating group) is 1. The van der Waals surface area contributed by atoms with Crippen LogP contribution in [-0.4, -0.2) is 77.3 Å². The summed E-state index contributed by atoms with van der Waals surface area (Å²) in [5.74, 6) is 0.0192. The molecule has 0 spiro atoms. The standard InChI is InChI=1S/C32H38N4O3/c1-34(2)21-22-36-28-8-4-3-7-27(28)30(31(36)32(39)33-17-20-35-18-5-6-19-35)29(23-9-13-25(37)14-10-23)24-11-15-26(38)16-12-24/h3-4,7-16,29,37-38H,5-6,17-22H2,1-2H3,(H,33,39). The number of nitrogens with one attached hydrogen (secondary N) is 1. The van der Waals surface area contributed by atoms with Gasteiger partial charge in [-0.1, -0.05) is 42.5 Å². The summed E-state index contributed by atoms with van der Waals surface area (Å²) >= 11 is 0. The first-order valence-electron chi connectivity index (χ1n) is 13.8. The number of carbonyl (C=O) groups is 1. The summed E-state index contributed by atoms with van der Waals surface area (Å²) < 4.78 is 2.16. The molecule has 1 saturated heterocycles. The van der Waals surface area contributed by atoms with E-state index in [1.165, 1.54) is 12.8 Å². The van der Waals surface area contributed by atoms with Crippen molar-refractivity contribution in [3.05, 3.63) is 95.2 Å². The summed E-state index contributed by atoms with van der Waals surface area (Å²) in [5.41, 5.74) is 4.52. The van der Waals surface area contributed by atoms with E-state index in [9.17, 15) is 15.0 Å². The molecular weight excluding hydrogens is 488 g/mol. The predicted molar refractivity (Wildman–Crippen MR) is 156 cm³/mol. The van der Waals surface area contributed by atoms with Crippen LogP contribution in [0.2, 0.25) is 0 Å². The summed E-state index contributed by atoms with van der Waals surface area (Å²) in [6.07, 6.45) is 2.44. The lowest BCUT2D eigenvalue weighted by atomic mass is 9.83. The fourth-order valence-electron chi connectivity index (χ4n) is 5.68. The van der Waals surface area contributed by atoms with Gasteiger partial charge in [-0.2, -0.15) is 0 Å². The van der Waals surface area contributed by atoms with Gasteiger partial charge in [0.1, 0.15) is 17.2 Å². The Labute approximate surface area is 230 Å². The lowest BCUT2D eigenvalue weighted by Gasteiger charge is -2.22. The number of para-hydroxylation sites is 1. The van der Waals surface area contributed by atoms with Crippen LogP contribution in [-0.2, 0) is 6.54 Å². The van der Waals surface area contributed by atoms with Crippen molar-refractivity contribution in [1.82, 2.24) is 19.7 Å². The van der Waals surface area contributed by atoms with Gasteiger partial charge in [0.15, 0.2) is 0 Å². The van der Waals surface area contributed by atoms with E-state index in [0.717, 1.165) is 53.8 Å². The predicted octanol–water partition coefficient (Wildman–Crippen LogP) is 4.62. The highest BCUT2D eigenvalue weighted by Crippen LogP contribution is 2.41. The molecule has 204 valence electrons. The molecule has 7 nitrogen and oxygen atoms in total. The Morgan fingerprint density at radius 1 is 0.872 bits per heavy atom. The van der Waals surface area contributed by atoms with Crippen LogP contribution in [0, 0.1) is 0 Å². The summed E-state index contributed by atoms with van der Waals surface area (Å²) in [4.78, 5) is 18.6. The van der Waals surface area contributed by atoms with Crippen molar-refractivity contribution >= 4 is 16.8 Å². The minimum absolute atomic E-state index is 0.0818. The molecule has 1 fully saturated rings. The molecule has 0 radical (unpaired) electrons. The molecule has 1 aromatic heterocycles. The number of aromatic hydroxyl groups is 2. The molecule has 0 aliphatic carbocycles. The number of aromatic nitrogens is 1. The molecule has 0 atom stereocenters. The van der Waals surface area contributed by atoms with Crippen molar-refractivity contribution in [1.29, 1.82) is 0 Å². The third-order valence-electron chi connectivity index (χ3n) is 7.65. The number of rotatable bonds is 10. The first-order chi connectivity index (χ1) is 18.9. The zero-order valence-corrected chi connectivity index (χ0v) is 22.8. The van der Waals surface area contributed by atoms with Crippen LogP contribution in [0.3, 0.4) is 0 Å². The maximum Gasteiger partial charge on any atom is 0.268 e. The number of phenols is 2. The lowest BCUT2D eigenvalue weighted by molar-refractivity contribution is 0.0939. The van der Waals surface area contributed by atoms with Gasteiger partial charge >= 0.3 is 0 Å². The fourth-order valence-corrected chi connectivity index (χ4v) is 5.68. The van der Waals surface area contributed by atoms with Crippen LogP contribution < -0.4 is 5.32 Å². The molecule has 0 saturated carbocycles. The monoisotopic (exact) mass is 526 g/mol. The van der Waals surface area contributed by atoms with Gasteiger partial charge in [0.25, 0.3) is 5.91 Å². The number of benzene rings is 3. The van der Waals surface area contributed by atoms with Gasteiger partial charge < -0.3 is 29.9 Å². The zero-order chi connectivity index (χ0) is 27.4. The highest BCUT2D eigenvalue weighted by molar-refractivity contribution is 6.03. The molecule has 3 aromatic carbocycles. The smallest absolute Gasteiger partial charge is 0.268 e. The summed E-state index contributed by atoms with van der Waals surface area (Å²) in [7, 11) is 4.08. The number of carbonyl (C=O) groups excluding carboxylic acids is 1. The first-order valence-corrected chi connectivity index (χ1v) is 13.8. The van der Waals surface area contributed by atoms with Crippen molar-refractivity contribution < 1.29 is 15.0 Å². The van der Waals surface area contributed by atoms with Crippen LogP contribution in [0.15, 0.2) is 72.8 Å². The number of hydrogen-bond acceptors (Lipinski definition) is 5. The topological polar surface area (TPSA) is 81.0 Å². The van der Waals surface area contributed by atoms with Gasteiger partial charge in [0.05, 0.1) is 0 Å². The van der Waals surface area contributed by atoms with Gasteiger partial charge in [0.2, 0.25) is 0 Å². The number of likely N-dealkylation sites (tertiary alicyclic amines) is 1. The minimum Gasteiger partial charge on any atom is -0.508 e. The Morgan fingerprint density at radius 2 is 1.46 bits per heavy atom. The molecule has 2 heterocycles. The molecule has 4 aromatic rings. The van der Waals surface area contributed by atoms with Crippen LogP contribution in [0.1, 0.15) is 45.9 Å². The van der Waals surface area contributed by atoms with Crippen molar-refractivity contribution in [2.24, 2.45) is 0 Å². The number of fused-ring (bicyclic) bond motifs is 1. The molecule has 0 unspecified atom stereocenters. The summed E-state index contributed by atoms with van der Waals surface area (Å²) in [6, 6.07) is 22.6. The summed E-state index contributed by atoms with van der Waals surface area (Å²) in [6.45, 7) is 5.08. The van der Waals surface area contributed by atoms with Crippen molar-refractivity contribution in [3.63, 3.8) is 0 Å². The van der Waals surface area contributed by atoms with Crippen LogP contribution in [0.5, 0.6) is 11.5 Å². The van der Waals surface area contributed by atoms with E-state index in [2.05, 4.69) is 31.8 Å². The maximum absolute atomic E-state index is 14.1. The molecule has 3 N–H and O–H groups in total. The van der Waals surface area contributed by atoms with Gasteiger partial charge in [0, 0.05) is 48.6 Å². The first kappa shape index (κ1) is 26.8. The number of hydrogen-bond donors (Lipinski definition) is 3. The molecular formula is C32H38N4O3. The van der Waals surface area contributed by atoms with Crippen LogP contribution in [0.25, 0.3) is 10.9 Å². The normalized spacial score (nSPS) is 14.1. The van der Waals surface area contributed by atoms with E-state index in [1.807, 2.05) is 50.5 Å². The van der Waals surface area contributed by atoms with Crippen molar-refractivity contribution in [2.75, 3.05) is 46.8 Å². The fraction of sp³-hybridized carbons (Fsp3) is 0.344. The highest BCUT2D eigenvalue weighted by atomic mass is 16.3. The molecule has 39 heavy (non-hydrogen) atoms. The Morgan fingerprint density at radius 3 is 2.05 bits per heavy atom. The molecule has 5 rings (SSSR count). The zero-order valence-electron chi connectivity index (χ0n) is 22.8. The highest BCUT2D eigenvalue weighted by Gasteiger charge is 2.30. The van der Waals surface area contributed by atoms with Crippen molar-refractivity contribution in [3.8, 4) is 11.5 Å². The van der Waals surface area contributed by atoms with Gasteiger partial charge in [-0.3, -0.25) is 4.79 Å². The minimum atomic E-state index is -0.281. The second kappa shape index (κ2) is 11.9. The van der Waals surface area contributed by atoms with Gasteiger partial charge in [-0.05, 0) is 81.5 Å². The SMILES string of the molecule is CN(C)CCn1c(C(=O)NCCN2CCCC2)c(C(c2ccc(O)cc2)c2ccc(O)cc2)c2ccccc21. The van der Waals surface area contributed by atoms with Gasteiger partial charge in [-0.25, -0.2) is 0 Å². The van der Waals surface area contributed by atoms with E-state index in [0.29, 0.717) is 18.8 Å². The number of amides is 1. The molecule has 1 amide bonds. The largest absolute Gasteiger partial charge is 0.508 e. The average molecular weight is 527 g/mol. The van der Waals surface area contributed by atoms with Gasteiger partial charge in [-0.15, -0.1) is 0 Å². The Balaban J connectivity index is 1.67. The van der Waals surface area contributed by atoms with Crippen LogP contribution in [0.4, 0.5) is 0 Å². The summed E-state index contributed by atoms with van der Waals surface area (Å²) in [5, 5.41) is 24.3. The van der Waals surface area contributed by atoms with Crippen LogP contribution >= 0.6 is 0 Å². The second-order valence-corrected chi connectivity index (χ2v) is 10.7. The van der Waals surface area contributed by atoms with E-state index in [4.69, 9.17) is 0 Å². The third kappa shape index (κ3) is 5.95. The molecule has 1 aliphatic heterocycles. The molecule has 0 bridgehead atoms. The lowest BCUT2D eigenvalue weighted by Crippen LogP contribution is -2.35. The van der Waals surface area contributed by atoms with E-state index in [-0.39, 0.29) is 23.3 Å². The second-order valence-electron chi connectivity index (χ2n) is 10.7. The van der Waals surface area contributed by atoms with Crippen molar-refractivity contribution in [2.45, 2.75) is 25.3 Å². The van der Waals surface area contributed by atoms with E-state index >= 15 is 0 Å². The Kier molecular flexibility index (Phi) is 8.19.